The second-order valence-corrected chi connectivity index (χ2v) is 4.98. The van der Waals surface area contributed by atoms with E-state index in [9.17, 15) is 14.4 Å². The maximum Gasteiger partial charge on any atom is 0.224 e. The zero-order chi connectivity index (χ0) is 15.7. The molecule has 0 saturated heterocycles. The molecule has 0 saturated carbocycles. The topological polar surface area (TPSA) is 75.3 Å². The van der Waals surface area contributed by atoms with Crippen LogP contribution in [0.5, 0.6) is 0 Å². The molecule has 1 aromatic carbocycles. The Balaban J connectivity index is 2.50. The highest BCUT2D eigenvalue weighted by Crippen LogP contribution is 2.12. The van der Waals surface area contributed by atoms with Gasteiger partial charge in [0.2, 0.25) is 11.8 Å². The minimum absolute atomic E-state index is 0.0273. The fourth-order valence-corrected chi connectivity index (χ4v) is 1.84. The van der Waals surface area contributed by atoms with E-state index in [1.807, 2.05) is 13.0 Å². The molecular formula is C16H22N2O3. The normalized spacial score (nSPS) is 10.0. The van der Waals surface area contributed by atoms with Crippen molar-refractivity contribution < 1.29 is 14.4 Å². The van der Waals surface area contributed by atoms with Crippen molar-refractivity contribution in [2.75, 3.05) is 11.9 Å². The third kappa shape index (κ3) is 7.25. The van der Waals surface area contributed by atoms with Crippen LogP contribution in [0, 0.1) is 0 Å². The summed E-state index contributed by atoms with van der Waals surface area (Å²) in [5.74, 6) is -0.107. The van der Waals surface area contributed by atoms with Gasteiger partial charge in [-0.05, 0) is 31.0 Å². The van der Waals surface area contributed by atoms with E-state index < -0.39 is 0 Å². The Morgan fingerprint density at radius 2 is 1.86 bits per heavy atom. The highest BCUT2D eigenvalue weighted by atomic mass is 16.2. The molecule has 2 N–H and O–H groups in total. The van der Waals surface area contributed by atoms with E-state index in [-0.39, 0.29) is 24.0 Å². The summed E-state index contributed by atoms with van der Waals surface area (Å²) in [6, 6.07) is 7.22. The Morgan fingerprint density at radius 1 is 1.10 bits per heavy atom. The summed E-state index contributed by atoms with van der Waals surface area (Å²) < 4.78 is 0. The quantitative estimate of drug-likeness (QED) is 0.769. The predicted octanol–water partition coefficient (Wildman–Crippen LogP) is 2.06. The van der Waals surface area contributed by atoms with Crippen LogP contribution < -0.4 is 10.6 Å². The number of carbonyl (C=O) groups is 3. The third-order valence-corrected chi connectivity index (χ3v) is 2.85. The fraction of sp³-hybridized carbons (Fsp3) is 0.438. The number of benzene rings is 1. The number of amides is 2. The maximum absolute atomic E-state index is 11.7. The van der Waals surface area contributed by atoms with Gasteiger partial charge in [0.25, 0.3) is 0 Å². The summed E-state index contributed by atoms with van der Waals surface area (Å²) >= 11 is 0. The first kappa shape index (κ1) is 16.9. The molecule has 0 heterocycles. The van der Waals surface area contributed by atoms with Crippen LogP contribution in [0.1, 0.15) is 38.7 Å². The number of hydrogen-bond acceptors (Lipinski definition) is 3. The molecule has 0 spiro atoms. The van der Waals surface area contributed by atoms with Crippen LogP contribution in [0.3, 0.4) is 0 Å². The van der Waals surface area contributed by atoms with Crippen LogP contribution in [-0.2, 0) is 20.8 Å². The average molecular weight is 290 g/mol. The molecule has 0 radical (unpaired) electrons. The summed E-state index contributed by atoms with van der Waals surface area (Å²) in [6.45, 7) is 3.80. The molecule has 5 heteroatoms. The number of Topliss-reactive ketones (excluding diaryl/α,β-unsaturated/α-hetero) is 1. The highest BCUT2D eigenvalue weighted by molar-refractivity contribution is 5.91. The zero-order valence-corrected chi connectivity index (χ0v) is 12.6. The molecule has 1 rings (SSSR count). The van der Waals surface area contributed by atoms with Crippen LogP contribution in [0.15, 0.2) is 24.3 Å². The first-order chi connectivity index (χ1) is 10.0. The van der Waals surface area contributed by atoms with Crippen molar-refractivity contribution in [3.8, 4) is 0 Å². The van der Waals surface area contributed by atoms with E-state index in [4.69, 9.17) is 0 Å². The van der Waals surface area contributed by atoms with Crippen molar-refractivity contribution in [1.29, 1.82) is 0 Å². The van der Waals surface area contributed by atoms with Gasteiger partial charge in [-0.1, -0.05) is 19.1 Å². The largest absolute Gasteiger partial charge is 0.355 e. The summed E-state index contributed by atoms with van der Waals surface area (Å²) in [4.78, 5) is 34.0. The van der Waals surface area contributed by atoms with Crippen LogP contribution in [-0.4, -0.2) is 24.1 Å². The standard InChI is InChI=1S/C16H22N2O3/c1-3-5-15(20)18-14-7-4-6-13(10-14)11-16(21)17-9-8-12(2)19/h4,6-7,10H,3,5,8-9,11H2,1-2H3,(H,17,21)(H,18,20). The van der Waals surface area contributed by atoms with Gasteiger partial charge >= 0.3 is 0 Å². The summed E-state index contributed by atoms with van der Waals surface area (Å²) in [5, 5.41) is 5.50. The van der Waals surface area contributed by atoms with E-state index in [2.05, 4.69) is 10.6 Å². The molecule has 0 aliphatic carbocycles. The van der Waals surface area contributed by atoms with Gasteiger partial charge in [0.05, 0.1) is 6.42 Å². The van der Waals surface area contributed by atoms with Gasteiger partial charge in [-0.25, -0.2) is 0 Å². The first-order valence-corrected chi connectivity index (χ1v) is 7.16. The van der Waals surface area contributed by atoms with Crippen molar-refractivity contribution in [3.63, 3.8) is 0 Å². The Bertz CT molecular complexity index is 512. The highest BCUT2D eigenvalue weighted by Gasteiger charge is 2.06. The number of ketones is 1. The van der Waals surface area contributed by atoms with Crippen LogP contribution in [0.4, 0.5) is 5.69 Å². The monoisotopic (exact) mass is 290 g/mol. The van der Waals surface area contributed by atoms with Crippen molar-refractivity contribution in [2.45, 2.75) is 39.5 Å². The number of rotatable bonds is 8. The lowest BCUT2D eigenvalue weighted by molar-refractivity contribution is -0.121. The average Bonchev–Trinajstić information content (AvgIpc) is 2.38. The van der Waals surface area contributed by atoms with Gasteiger partial charge in [0.1, 0.15) is 5.78 Å². The fourth-order valence-electron chi connectivity index (χ4n) is 1.84. The Kier molecular flexibility index (Phi) is 7.15. The molecule has 0 aliphatic heterocycles. The summed E-state index contributed by atoms with van der Waals surface area (Å²) in [5.41, 5.74) is 1.52. The molecular weight excluding hydrogens is 268 g/mol. The smallest absolute Gasteiger partial charge is 0.224 e. The Morgan fingerprint density at radius 3 is 2.52 bits per heavy atom. The first-order valence-electron chi connectivity index (χ1n) is 7.16. The molecule has 0 aliphatic rings. The van der Waals surface area contributed by atoms with Crippen molar-refractivity contribution in [2.24, 2.45) is 0 Å². The van der Waals surface area contributed by atoms with Gasteiger partial charge in [-0.3, -0.25) is 14.4 Å². The maximum atomic E-state index is 11.7. The van der Waals surface area contributed by atoms with Crippen LogP contribution in [0.2, 0.25) is 0 Å². The minimum Gasteiger partial charge on any atom is -0.355 e. The lowest BCUT2D eigenvalue weighted by Crippen LogP contribution is -2.27. The van der Waals surface area contributed by atoms with Crippen molar-refractivity contribution >= 4 is 23.3 Å². The molecule has 0 bridgehead atoms. The van der Waals surface area contributed by atoms with E-state index in [0.29, 0.717) is 25.1 Å². The minimum atomic E-state index is -0.131. The van der Waals surface area contributed by atoms with Crippen LogP contribution in [0.25, 0.3) is 0 Å². The van der Waals surface area contributed by atoms with Crippen molar-refractivity contribution in [3.05, 3.63) is 29.8 Å². The molecule has 1 aromatic rings. The second kappa shape index (κ2) is 8.89. The van der Waals surface area contributed by atoms with Gasteiger partial charge in [0, 0.05) is 25.1 Å². The van der Waals surface area contributed by atoms with E-state index in [1.54, 1.807) is 18.2 Å². The molecule has 0 unspecified atom stereocenters. The lowest BCUT2D eigenvalue weighted by Gasteiger charge is -2.07. The Labute approximate surface area is 125 Å². The predicted molar refractivity (Wildman–Crippen MR) is 82.0 cm³/mol. The summed E-state index contributed by atoms with van der Waals surface area (Å²) in [7, 11) is 0. The Hall–Kier alpha value is -2.17. The number of anilines is 1. The third-order valence-electron chi connectivity index (χ3n) is 2.85. The van der Waals surface area contributed by atoms with Gasteiger partial charge in [-0.2, -0.15) is 0 Å². The molecule has 0 fully saturated rings. The summed E-state index contributed by atoms with van der Waals surface area (Å²) in [6.07, 6.45) is 1.86. The molecule has 2 amide bonds. The van der Waals surface area contributed by atoms with Crippen molar-refractivity contribution in [1.82, 2.24) is 5.32 Å². The number of nitrogens with one attached hydrogen (secondary N) is 2. The van der Waals surface area contributed by atoms with Gasteiger partial charge in [-0.15, -0.1) is 0 Å². The van der Waals surface area contributed by atoms with E-state index >= 15 is 0 Å². The molecule has 114 valence electrons. The van der Waals surface area contributed by atoms with E-state index in [1.165, 1.54) is 6.92 Å². The molecule has 0 atom stereocenters. The molecule has 5 nitrogen and oxygen atoms in total. The van der Waals surface area contributed by atoms with Gasteiger partial charge in [0.15, 0.2) is 0 Å². The van der Waals surface area contributed by atoms with Gasteiger partial charge < -0.3 is 10.6 Å². The lowest BCUT2D eigenvalue weighted by atomic mass is 10.1. The molecule has 0 aromatic heterocycles. The number of hydrogen-bond donors (Lipinski definition) is 2. The van der Waals surface area contributed by atoms with Crippen LogP contribution >= 0.6 is 0 Å². The SMILES string of the molecule is CCCC(=O)Nc1cccc(CC(=O)NCCC(C)=O)c1. The van der Waals surface area contributed by atoms with E-state index in [0.717, 1.165) is 12.0 Å². The molecule has 21 heavy (non-hydrogen) atoms. The number of carbonyl (C=O) groups excluding carboxylic acids is 3. The second-order valence-electron chi connectivity index (χ2n) is 4.98. The zero-order valence-electron chi connectivity index (χ0n) is 12.6.